The minimum absolute atomic E-state index is 0.927. The number of pyridine rings is 1. The lowest BCUT2D eigenvalue weighted by Crippen LogP contribution is -1.86. The molecule has 2 nitrogen and oxygen atoms in total. The fraction of sp³-hybridized carbons (Fsp3) is 0.188. The molecule has 0 unspecified atom stereocenters. The van der Waals surface area contributed by atoms with Crippen molar-refractivity contribution in [3.05, 3.63) is 59.4 Å². The smallest absolute Gasteiger partial charge is 0.119 e. The van der Waals surface area contributed by atoms with Crippen LogP contribution in [0.5, 0.6) is 5.75 Å². The van der Waals surface area contributed by atoms with Crippen molar-refractivity contribution < 1.29 is 4.74 Å². The minimum Gasteiger partial charge on any atom is -0.497 e. The molecule has 1 aliphatic carbocycles. The molecule has 0 atom stereocenters. The molecule has 0 aliphatic heterocycles. The Kier molecular flexibility index (Phi) is 2.85. The molecule has 0 amide bonds. The predicted molar refractivity (Wildman–Crippen MR) is 73.4 cm³/mol. The topological polar surface area (TPSA) is 22.1 Å². The standard InChI is InChI=1S/C16H15NO/c1-18-15-5-4-13-2-3-14(16(13)11-15)10-12-6-8-17-9-7-12/h4-11H,2-3H2,1H3/b14-10+. The molecule has 0 saturated carbocycles. The molecule has 1 aromatic carbocycles. The van der Waals surface area contributed by atoms with Crippen molar-refractivity contribution in [2.45, 2.75) is 12.8 Å². The molecule has 0 radical (unpaired) electrons. The molecule has 3 rings (SSSR count). The molecule has 1 aromatic heterocycles. The predicted octanol–water partition coefficient (Wildman–Crippen LogP) is 3.58. The summed E-state index contributed by atoms with van der Waals surface area (Å²) < 4.78 is 5.30. The average molecular weight is 237 g/mol. The Balaban J connectivity index is 2.01. The van der Waals surface area contributed by atoms with E-state index in [0.29, 0.717) is 0 Å². The van der Waals surface area contributed by atoms with E-state index in [-0.39, 0.29) is 0 Å². The van der Waals surface area contributed by atoms with Crippen molar-refractivity contribution >= 4 is 11.6 Å². The highest BCUT2D eigenvalue weighted by Gasteiger charge is 2.16. The lowest BCUT2D eigenvalue weighted by atomic mass is 10.0. The van der Waals surface area contributed by atoms with E-state index in [0.717, 1.165) is 18.6 Å². The second-order valence-corrected chi connectivity index (χ2v) is 4.47. The SMILES string of the molecule is COc1ccc2c(c1)/C(=C/c1ccncc1)CC2. The lowest BCUT2D eigenvalue weighted by Gasteiger charge is -2.05. The number of benzene rings is 1. The van der Waals surface area contributed by atoms with Crippen molar-refractivity contribution in [3.63, 3.8) is 0 Å². The number of nitrogens with zero attached hydrogens (tertiary/aromatic N) is 1. The van der Waals surface area contributed by atoms with Gasteiger partial charge in [0.2, 0.25) is 0 Å². The van der Waals surface area contributed by atoms with E-state index >= 15 is 0 Å². The zero-order valence-electron chi connectivity index (χ0n) is 10.4. The molecule has 2 aromatic rings. The zero-order valence-corrected chi connectivity index (χ0v) is 10.4. The fourth-order valence-electron chi connectivity index (χ4n) is 2.41. The molecule has 0 saturated heterocycles. The third-order valence-corrected chi connectivity index (χ3v) is 3.37. The number of hydrogen-bond donors (Lipinski definition) is 0. The first-order valence-corrected chi connectivity index (χ1v) is 6.15. The van der Waals surface area contributed by atoms with Crippen molar-refractivity contribution in [1.82, 2.24) is 4.98 Å². The van der Waals surface area contributed by atoms with Crippen LogP contribution in [0.4, 0.5) is 0 Å². The number of aromatic nitrogens is 1. The second-order valence-electron chi connectivity index (χ2n) is 4.47. The maximum atomic E-state index is 5.30. The van der Waals surface area contributed by atoms with Gasteiger partial charge in [0, 0.05) is 12.4 Å². The van der Waals surface area contributed by atoms with Crippen LogP contribution in [0.2, 0.25) is 0 Å². The first kappa shape index (κ1) is 11.0. The van der Waals surface area contributed by atoms with Gasteiger partial charge in [0.15, 0.2) is 0 Å². The van der Waals surface area contributed by atoms with E-state index in [2.05, 4.69) is 23.2 Å². The zero-order chi connectivity index (χ0) is 12.4. The molecule has 0 fully saturated rings. The van der Waals surface area contributed by atoms with E-state index in [4.69, 9.17) is 4.74 Å². The largest absolute Gasteiger partial charge is 0.497 e. The van der Waals surface area contributed by atoms with Crippen LogP contribution >= 0.6 is 0 Å². The lowest BCUT2D eigenvalue weighted by molar-refractivity contribution is 0.414. The van der Waals surface area contributed by atoms with Gasteiger partial charge in [-0.25, -0.2) is 0 Å². The van der Waals surface area contributed by atoms with Gasteiger partial charge in [0.1, 0.15) is 5.75 Å². The summed E-state index contributed by atoms with van der Waals surface area (Å²) in [6.07, 6.45) is 8.12. The van der Waals surface area contributed by atoms with Gasteiger partial charge in [-0.05, 0) is 59.4 Å². The molecule has 0 N–H and O–H groups in total. The Morgan fingerprint density at radius 1 is 1.11 bits per heavy atom. The second kappa shape index (κ2) is 4.65. The van der Waals surface area contributed by atoms with Gasteiger partial charge in [-0.3, -0.25) is 4.98 Å². The summed E-state index contributed by atoms with van der Waals surface area (Å²) >= 11 is 0. The van der Waals surface area contributed by atoms with E-state index in [1.165, 1.54) is 22.3 Å². The van der Waals surface area contributed by atoms with Gasteiger partial charge in [-0.1, -0.05) is 12.1 Å². The van der Waals surface area contributed by atoms with E-state index in [9.17, 15) is 0 Å². The number of fused-ring (bicyclic) bond motifs is 1. The number of methoxy groups -OCH3 is 1. The number of rotatable bonds is 2. The van der Waals surface area contributed by atoms with Crippen LogP contribution in [0.3, 0.4) is 0 Å². The highest BCUT2D eigenvalue weighted by Crippen LogP contribution is 2.35. The molecule has 0 bridgehead atoms. The van der Waals surface area contributed by atoms with Gasteiger partial charge in [-0.15, -0.1) is 0 Å². The Hall–Kier alpha value is -2.09. The number of allylic oxidation sites excluding steroid dienone is 1. The monoisotopic (exact) mass is 237 g/mol. The summed E-state index contributed by atoms with van der Waals surface area (Å²) in [6, 6.07) is 10.4. The van der Waals surface area contributed by atoms with E-state index in [1.54, 1.807) is 7.11 Å². The number of ether oxygens (including phenoxy) is 1. The van der Waals surface area contributed by atoms with E-state index < -0.39 is 0 Å². The summed E-state index contributed by atoms with van der Waals surface area (Å²) in [4.78, 5) is 4.04. The molecule has 0 spiro atoms. The van der Waals surface area contributed by atoms with Crippen LogP contribution in [0.25, 0.3) is 11.6 Å². The molecular weight excluding hydrogens is 222 g/mol. The summed E-state index contributed by atoms with van der Waals surface area (Å²) in [5, 5.41) is 0. The molecule has 90 valence electrons. The van der Waals surface area contributed by atoms with Gasteiger partial charge in [-0.2, -0.15) is 0 Å². The van der Waals surface area contributed by atoms with Gasteiger partial charge in [0.05, 0.1) is 7.11 Å². The normalized spacial score (nSPS) is 15.7. The van der Waals surface area contributed by atoms with Gasteiger partial charge >= 0.3 is 0 Å². The highest BCUT2D eigenvalue weighted by molar-refractivity contribution is 5.85. The van der Waals surface area contributed by atoms with Crippen LogP contribution in [-0.4, -0.2) is 12.1 Å². The van der Waals surface area contributed by atoms with E-state index in [1.807, 2.05) is 30.6 Å². The van der Waals surface area contributed by atoms with Crippen molar-refractivity contribution in [2.24, 2.45) is 0 Å². The van der Waals surface area contributed by atoms with Gasteiger partial charge in [0.25, 0.3) is 0 Å². The Labute approximate surface area is 107 Å². The molecular formula is C16H15NO. The summed E-state index contributed by atoms with van der Waals surface area (Å²) in [7, 11) is 1.71. The van der Waals surface area contributed by atoms with Crippen LogP contribution < -0.4 is 4.74 Å². The van der Waals surface area contributed by atoms with Crippen LogP contribution in [0.15, 0.2) is 42.7 Å². The third-order valence-electron chi connectivity index (χ3n) is 3.37. The number of hydrogen-bond acceptors (Lipinski definition) is 2. The Morgan fingerprint density at radius 2 is 1.94 bits per heavy atom. The average Bonchev–Trinajstić information content (AvgIpc) is 2.82. The maximum absolute atomic E-state index is 5.30. The van der Waals surface area contributed by atoms with Crippen LogP contribution in [0, 0.1) is 0 Å². The Morgan fingerprint density at radius 3 is 2.72 bits per heavy atom. The van der Waals surface area contributed by atoms with Crippen LogP contribution in [0.1, 0.15) is 23.1 Å². The summed E-state index contributed by atoms with van der Waals surface area (Å²) in [5.74, 6) is 0.927. The van der Waals surface area contributed by atoms with Crippen molar-refractivity contribution in [1.29, 1.82) is 0 Å². The summed E-state index contributed by atoms with van der Waals surface area (Å²) in [5.41, 5.74) is 5.33. The minimum atomic E-state index is 0.927. The summed E-state index contributed by atoms with van der Waals surface area (Å²) in [6.45, 7) is 0. The Bertz CT molecular complexity index is 587. The van der Waals surface area contributed by atoms with Crippen molar-refractivity contribution in [3.8, 4) is 5.75 Å². The molecule has 2 heteroatoms. The number of aryl methyl sites for hydroxylation is 1. The first-order valence-electron chi connectivity index (χ1n) is 6.15. The van der Waals surface area contributed by atoms with Gasteiger partial charge < -0.3 is 4.74 Å². The molecule has 1 aliphatic rings. The highest BCUT2D eigenvalue weighted by atomic mass is 16.5. The quantitative estimate of drug-likeness (QED) is 0.796. The maximum Gasteiger partial charge on any atom is 0.119 e. The fourth-order valence-corrected chi connectivity index (χ4v) is 2.41. The van der Waals surface area contributed by atoms with Crippen molar-refractivity contribution in [2.75, 3.05) is 7.11 Å². The van der Waals surface area contributed by atoms with Crippen LogP contribution in [-0.2, 0) is 6.42 Å². The third kappa shape index (κ3) is 2.02. The molecule has 1 heterocycles. The first-order chi connectivity index (χ1) is 8.86. The molecule has 18 heavy (non-hydrogen) atoms.